The lowest BCUT2D eigenvalue weighted by atomic mass is 10.2. The van der Waals surface area contributed by atoms with E-state index >= 15 is 0 Å². The van der Waals surface area contributed by atoms with Crippen LogP contribution in [0.15, 0.2) is 30.3 Å². The maximum Gasteiger partial charge on any atom is 0.128 e. The molecule has 0 spiro atoms. The SMILES string of the molecule is CCNCc1ccc(N(C)Cc2cccc(C)n2)nc1C. The van der Waals surface area contributed by atoms with E-state index < -0.39 is 0 Å². The topological polar surface area (TPSA) is 41.0 Å². The summed E-state index contributed by atoms with van der Waals surface area (Å²) >= 11 is 0. The van der Waals surface area contributed by atoms with E-state index in [1.54, 1.807) is 0 Å². The molecule has 0 radical (unpaired) electrons. The molecule has 21 heavy (non-hydrogen) atoms. The summed E-state index contributed by atoms with van der Waals surface area (Å²) in [6.45, 7) is 8.80. The molecule has 0 saturated carbocycles. The summed E-state index contributed by atoms with van der Waals surface area (Å²) in [5.41, 5.74) is 4.44. The Balaban J connectivity index is 2.08. The summed E-state index contributed by atoms with van der Waals surface area (Å²) in [4.78, 5) is 11.4. The molecule has 0 aliphatic heterocycles. The van der Waals surface area contributed by atoms with E-state index in [2.05, 4.69) is 54.3 Å². The first-order valence-electron chi connectivity index (χ1n) is 7.41. The summed E-state index contributed by atoms with van der Waals surface area (Å²) < 4.78 is 0. The van der Waals surface area contributed by atoms with Crippen molar-refractivity contribution >= 4 is 5.82 Å². The number of hydrogen-bond donors (Lipinski definition) is 1. The van der Waals surface area contributed by atoms with Gasteiger partial charge in [-0.2, -0.15) is 0 Å². The van der Waals surface area contributed by atoms with E-state index in [0.717, 1.165) is 42.5 Å². The number of hydrogen-bond acceptors (Lipinski definition) is 4. The highest BCUT2D eigenvalue weighted by molar-refractivity contribution is 5.41. The first kappa shape index (κ1) is 15.4. The number of nitrogens with one attached hydrogen (secondary N) is 1. The smallest absolute Gasteiger partial charge is 0.128 e. The van der Waals surface area contributed by atoms with Gasteiger partial charge in [0.2, 0.25) is 0 Å². The second kappa shape index (κ2) is 7.18. The monoisotopic (exact) mass is 284 g/mol. The first-order valence-corrected chi connectivity index (χ1v) is 7.41. The number of nitrogens with zero attached hydrogens (tertiary/aromatic N) is 3. The van der Waals surface area contributed by atoms with Gasteiger partial charge in [-0.25, -0.2) is 4.98 Å². The van der Waals surface area contributed by atoms with Crippen LogP contribution in [0.25, 0.3) is 0 Å². The molecule has 0 aliphatic carbocycles. The van der Waals surface area contributed by atoms with Crippen molar-refractivity contribution < 1.29 is 0 Å². The molecular weight excluding hydrogens is 260 g/mol. The van der Waals surface area contributed by atoms with Gasteiger partial charge in [0.25, 0.3) is 0 Å². The highest BCUT2D eigenvalue weighted by Crippen LogP contribution is 2.15. The third-order valence-corrected chi connectivity index (χ3v) is 3.48. The lowest BCUT2D eigenvalue weighted by molar-refractivity contribution is 0.719. The van der Waals surface area contributed by atoms with Crippen LogP contribution < -0.4 is 10.2 Å². The molecule has 0 aliphatic rings. The fourth-order valence-corrected chi connectivity index (χ4v) is 2.25. The highest BCUT2D eigenvalue weighted by atomic mass is 15.2. The summed E-state index contributed by atoms with van der Waals surface area (Å²) in [7, 11) is 2.05. The van der Waals surface area contributed by atoms with Crippen molar-refractivity contribution in [1.29, 1.82) is 0 Å². The molecule has 1 N–H and O–H groups in total. The molecule has 2 aromatic heterocycles. The van der Waals surface area contributed by atoms with Crippen molar-refractivity contribution in [2.75, 3.05) is 18.5 Å². The number of aryl methyl sites for hydroxylation is 2. The average Bonchev–Trinajstić information content (AvgIpc) is 2.46. The van der Waals surface area contributed by atoms with Crippen LogP contribution in [0, 0.1) is 13.8 Å². The van der Waals surface area contributed by atoms with Crippen molar-refractivity contribution in [3.05, 3.63) is 53.0 Å². The molecule has 4 nitrogen and oxygen atoms in total. The van der Waals surface area contributed by atoms with E-state index in [1.807, 2.05) is 19.1 Å². The molecule has 0 fully saturated rings. The lowest BCUT2D eigenvalue weighted by Crippen LogP contribution is -2.20. The normalized spacial score (nSPS) is 10.7. The Morgan fingerprint density at radius 1 is 1.10 bits per heavy atom. The fourth-order valence-electron chi connectivity index (χ4n) is 2.25. The van der Waals surface area contributed by atoms with E-state index in [-0.39, 0.29) is 0 Å². The molecular formula is C17H24N4. The zero-order valence-electron chi connectivity index (χ0n) is 13.3. The van der Waals surface area contributed by atoms with Crippen LogP contribution in [0.5, 0.6) is 0 Å². The van der Waals surface area contributed by atoms with Crippen LogP contribution >= 0.6 is 0 Å². The molecule has 2 aromatic rings. The molecule has 0 aromatic carbocycles. The summed E-state index contributed by atoms with van der Waals surface area (Å²) in [5, 5.41) is 3.34. The van der Waals surface area contributed by atoms with E-state index in [4.69, 9.17) is 4.98 Å². The standard InChI is InChI=1S/C17H24N4/c1-5-18-11-15-9-10-17(20-14(15)3)21(4)12-16-8-6-7-13(2)19-16/h6-10,18H,5,11-12H2,1-4H3. The third kappa shape index (κ3) is 4.26. The van der Waals surface area contributed by atoms with Gasteiger partial charge in [0.1, 0.15) is 5.82 Å². The van der Waals surface area contributed by atoms with Crippen molar-refractivity contribution in [2.45, 2.75) is 33.9 Å². The second-order valence-corrected chi connectivity index (χ2v) is 5.32. The third-order valence-electron chi connectivity index (χ3n) is 3.48. The zero-order valence-corrected chi connectivity index (χ0v) is 13.3. The van der Waals surface area contributed by atoms with Gasteiger partial charge in [-0.1, -0.05) is 19.1 Å². The van der Waals surface area contributed by atoms with E-state index in [9.17, 15) is 0 Å². The maximum absolute atomic E-state index is 4.70. The molecule has 4 heteroatoms. The van der Waals surface area contributed by atoms with Gasteiger partial charge < -0.3 is 10.2 Å². The Bertz CT molecular complexity index is 595. The Labute approximate surface area is 127 Å². The van der Waals surface area contributed by atoms with Gasteiger partial charge >= 0.3 is 0 Å². The van der Waals surface area contributed by atoms with Crippen LogP contribution in [-0.2, 0) is 13.1 Å². The van der Waals surface area contributed by atoms with E-state index in [1.165, 1.54) is 5.56 Å². The Morgan fingerprint density at radius 2 is 1.90 bits per heavy atom. The minimum atomic E-state index is 0.765. The quantitative estimate of drug-likeness (QED) is 0.885. The van der Waals surface area contributed by atoms with Gasteiger partial charge in [-0.3, -0.25) is 4.98 Å². The molecule has 0 unspecified atom stereocenters. The van der Waals surface area contributed by atoms with Crippen LogP contribution in [0.3, 0.4) is 0 Å². The van der Waals surface area contributed by atoms with Crippen molar-refractivity contribution in [1.82, 2.24) is 15.3 Å². The minimum absolute atomic E-state index is 0.765. The van der Waals surface area contributed by atoms with Gasteiger partial charge in [0, 0.05) is 25.0 Å². The molecule has 112 valence electrons. The largest absolute Gasteiger partial charge is 0.354 e. The molecule has 2 rings (SSSR count). The number of anilines is 1. The molecule has 0 bridgehead atoms. The van der Waals surface area contributed by atoms with Gasteiger partial charge in [-0.15, -0.1) is 0 Å². The predicted octanol–water partition coefficient (Wildman–Crippen LogP) is 2.84. The lowest BCUT2D eigenvalue weighted by Gasteiger charge is -2.19. The number of aromatic nitrogens is 2. The summed E-state index contributed by atoms with van der Waals surface area (Å²) in [6.07, 6.45) is 0. The minimum Gasteiger partial charge on any atom is -0.354 e. The number of rotatable bonds is 6. The second-order valence-electron chi connectivity index (χ2n) is 5.32. The Hall–Kier alpha value is -1.94. The molecule has 0 saturated heterocycles. The number of pyridine rings is 2. The van der Waals surface area contributed by atoms with Gasteiger partial charge in [0.05, 0.1) is 12.2 Å². The van der Waals surface area contributed by atoms with Crippen LogP contribution in [-0.4, -0.2) is 23.6 Å². The Kier molecular flexibility index (Phi) is 5.28. The Morgan fingerprint density at radius 3 is 2.57 bits per heavy atom. The van der Waals surface area contributed by atoms with Crippen molar-refractivity contribution in [3.8, 4) is 0 Å². The van der Waals surface area contributed by atoms with Gasteiger partial charge in [0.15, 0.2) is 0 Å². The van der Waals surface area contributed by atoms with Gasteiger partial charge in [-0.05, 0) is 44.2 Å². The first-order chi connectivity index (χ1) is 10.1. The van der Waals surface area contributed by atoms with Crippen molar-refractivity contribution in [3.63, 3.8) is 0 Å². The molecule has 2 heterocycles. The molecule has 0 atom stereocenters. The average molecular weight is 284 g/mol. The van der Waals surface area contributed by atoms with Crippen molar-refractivity contribution in [2.24, 2.45) is 0 Å². The fraction of sp³-hybridized carbons (Fsp3) is 0.412. The summed E-state index contributed by atoms with van der Waals surface area (Å²) in [6, 6.07) is 10.3. The van der Waals surface area contributed by atoms with Crippen LogP contribution in [0.2, 0.25) is 0 Å². The summed E-state index contributed by atoms with van der Waals surface area (Å²) in [5.74, 6) is 0.982. The zero-order chi connectivity index (χ0) is 15.2. The van der Waals surface area contributed by atoms with Crippen LogP contribution in [0.4, 0.5) is 5.82 Å². The maximum atomic E-state index is 4.70. The predicted molar refractivity (Wildman–Crippen MR) is 87.4 cm³/mol. The highest BCUT2D eigenvalue weighted by Gasteiger charge is 2.07. The van der Waals surface area contributed by atoms with Crippen LogP contribution in [0.1, 0.15) is 29.6 Å². The molecule has 0 amide bonds. The van der Waals surface area contributed by atoms with E-state index in [0.29, 0.717) is 0 Å².